The van der Waals surface area contributed by atoms with Crippen molar-refractivity contribution in [2.24, 2.45) is 0 Å². The number of hydrogen-bond acceptors (Lipinski definition) is 10. The Morgan fingerprint density at radius 1 is 0.895 bits per heavy atom. The highest BCUT2D eigenvalue weighted by atomic mass is 32.2. The smallest absolute Gasteiger partial charge is 0.243 e. The van der Waals surface area contributed by atoms with E-state index in [-0.39, 0.29) is 11.8 Å². The van der Waals surface area contributed by atoms with Gasteiger partial charge in [-0.1, -0.05) is 19.1 Å². The highest BCUT2D eigenvalue weighted by Gasteiger charge is 2.32. The predicted octanol–water partition coefficient (Wildman–Crippen LogP) is 3.39. The summed E-state index contributed by atoms with van der Waals surface area (Å²) in [5, 5.41) is 7.55. The van der Waals surface area contributed by atoms with Gasteiger partial charge in [0.2, 0.25) is 21.9 Å². The van der Waals surface area contributed by atoms with Crippen LogP contribution in [0.15, 0.2) is 48.8 Å². The molecule has 12 nitrogen and oxygen atoms in total. The maximum absolute atomic E-state index is 13.6. The summed E-state index contributed by atoms with van der Waals surface area (Å²) in [4.78, 5) is 13.1. The summed E-state index contributed by atoms with van der Waals surface area (Å²) in [5.74, 6) is 1.24. The monoisotopic (exact) mass is 539 g/mol. The van der Waals surface area contributed by atoms with Gasteiger partial charge in [0.1, 0.15) is 28.7 Å². The van der Waals surface area contributed by atoms with E-state index < -0.39 is 21.2 Å². The van der Waals surface area contributed by atoms with Crippen LogP contribution in [0.2, 0.25) is 0 Å². The number of para-hydroxylation sites is 1. The lowest BCUT2D eigenvalue weighted by Gasteiger charge is -2.21. The molecule has 0 bridgehead atoms. The molecule has 3 heterocycles. The molecular weight excluding hydrogens is 510 g/mol. The molecule has 13 heteroatoms. The van der Waals surface area contributed by atoms with E-state index in [2.05, 4.69) is 29.9 Å². The summed E-state index contributed by atoms with van der Waals surface area (Å²) < 4.78 is 47.7. The Morgan fingerprint density at radius 3 is 2.13 bits per heavy atom. The van der Waals surface area contributed by atoms with Crippen LogP contribution >= 0.6 is 0 Å². The van der Waals surface area contributed by atoms with Gasteiger partial charge in [-0.2, -0.15) is 0 Å². The topological polar surface area (TPSA) is 143 Å². The van der Waals surface area contributed by atoms with Crippen LogP contribution < -0.4 is 18.9 Å². The van der Waals surface area contributed by atoms with Crippen molar-refractivity contribution in [3.05, 3.63) is 60.2 Å². The van der Waals surface area contributed by atoms with Gasteiger partial charge in [0.25, 0.3) is 0 Å². The largest absolute Gasteiger partial charge is 0.494 e. The lowest BCUT2D eigenvalue weighted by atomic mass is 10.1. The van der Waals surface area contributed by atoms with Crippen molar-refractivity contribution in [1.29, 1.82) is 0 Å². The average molecular weight is 540 g/mol. The molecule has 0 amide bonds. The van der Waals surface area contributed by atoms with Crippen molar-refractivity contribution >= 4 is 16.0 Å². The van der Waals surface area contributed by atoms with E-state index >= 15 is 0 Å². The zero-order valence-corrected chi connectivity index (χ0v) is 22.7. The molecule has 0 saturated heterocycles. The zero-order valence-electron chi connectivity index (χ0n) is 21.9. The molecule has 0 fully saturated rings. The van der Waals surface area contributed by atoms with E-state index in [0.29, 0.717) is 34.6 Å². The Balaban J connectivity index is 1.84. The highest BCUT2D eigenvalue weighted by Crippen LogP contribution is 2.38. The van der Waals surface area contributed by atoms with Gasteiger partial charge in [-0.15, -0.1) is 10.2 Å². The fourth-order valence-corrected chi connectivity index (χ4v) is 5.00. The number of anilines is 1. The molecule has 0 spiro atoms. The van der Waals surface area contributed by atoms with Gasteiger partial charge < -0.3 is 14.2 Å². The number of ether oxygens (including phenoxy) is 3. The standard InChI is InChI=1S/C25H29N7O5S/c1-15-13-26-23(27-14-15)16(2)17(3)38(33,34)31-25-30-29-24(18-9-7-12-21(28-18)37-6)32(25)22-19(35-4)10-8-11-20(22)36-5/h7-14,16-17H,1-6H3,(H,30,31)/t16-,17-/m0/s1. The van der Waals surface area contributed by atoms with Gasteiger partial charge in [0.05, 0.1) is 26.6 Å². The molecule has 200 valence electrons. The molecule has 0 unspecified atom stereocenters. The van der Waals surface area contributed by atoms with Gasteiger partial charge in [-0.05, 0) is 37.6 Å². The quantitative estimate of drug-likeness (QED) is 0.318. The van der Waals surface area contributed by atoms with Crippen LogP contribution in [0.25, 0.3) is 17.2 Å². The molecule has 1 N–H and O–H groups in total. The molecule has 0 aliphatic rings. The lowest BCUT2D eigenvalue weighted by molar-refractivity contribution is 0.391. The molecule has 0 radical (unpaired) electrons. The van der Waals surface area contributed by atoms with Gasteiger partial charge in [0.15, 0.2) is 5.82 Å². The molecule has 0 aliphatic carbocycles. The minimum absolute atomic E-state index is 0.0729. The predicted molar refractivity (Wildman–Crippen MR) is 141 cm³/mol. The first-order valence-corrected chi connectivity index (χ1v) is 13.2. The summed E-state index contributed by atoms with van der Waals surface area (Å²) in [6, 6.07) is 10.3. The molecule has 0 saturated carbocycles. The second kappa shape index (κ2) is 11.0. The fraction of sp³-hybridized carbons (Fsp3) is 0.320. The number of hydrogen-bond donors (Lipinski definition) is 1. The average Bonchev–Trinajstić information content (AvgIpc) is 3.34. The second-order valence-electron chi connectivity index (χ2n) is 8.52. The zero-order chi connectivity index (χ0) is 27.4. The first kappa shape index (κ1) is 26.8. The summed E-state index contributed by atoms with van der Waals surface area (Å²) >= 11 is 0. The second-order valence-corrected chi connectivity index (χ2v) is 10.6. The number of nitrogens with zero attached hydrogens (tertiary/aromatic N) is 6. The fourth-order valence-electron chi connectivity index (χ4n) is 3.77. The number of aromatic nitrogens is 6. The highest BCUT2D eigenvalue weighted by molar-refractivity contribution is 7.93. The molecule has 4 aromatic rings. The number of methoxy groups -OCH3 is 3. The number of aryl methyl sites for hydroxylation is 1. The van der Waals surface area contributed by atoms with E-state index in [1.807, 2.05) is 6.92 Å². The maximum atomic E-state index is 13.6. The Morgan fingerprint density at radius 2 is 1.53 bits per heavy atom. The van der Waals surface area contributed by atoms with Crippen molar-refractivity contribution in [3.63, 3.8) is 0 Å². The van der Waals surface area contributed by atoms with E-state index in [9.17, 15) is 8.42 Å². The van der Waals surface area contributed by atoms with Crippen LogP contribution in [-0.4, -0.2) is 64.7 Å². The van der Waals surface area contributed by atoms with Gasteiger partial charge in [-0.25, -0.2) is 23.4 Å². The summed E-state index contributed by atoms with van der Waals surface area (Å²) in [6.45, 7) is 5.21. The number of rotatable bonds is 10. The maximum Gasteiger partial charge on any atom is 0.243 e. The third kappa shape index (κ3) is 5.23. The van der Waals surface area contributed by atoms with E-state index in [1.165, 1.54) is 25.9 Å². The molecule has 38 heavy (non-hydrogen) atoms. The van der Waals surface area contributed by atoms with Crippen molar-refractivity contribution in [2.75, 3.05) is 26.1 Å². The van der Waals surface area contributed by atoms with Crippen LogP contribution in [0.4, 0.5) is 5.95 Å². The number of pyridine rings is 1. The number of benzene rings is 1. The molecule has 4 rings (SSSR count). The number of sulfonamides is 1. The minimum Gasteiger partial charge on any atom is -0.494 e. The summed E-state index contributed by atoms with van der Waals surface area (Å²) in [7, 11) is 0.500. The first-order valence-electron chi connectivity index (χ1n) is 11.7. The Labute approximate surface area is 221 Å². The molecule has 2 atom stereocenters. The molecular formula is C25H29N7O5S. The first-order chi connectivity index (χ1) is 18.2. The van der Waals surface area contributed by atoms with E-state index in [4.69, 9.17) is 14.2 Å². The van der Waals surface area contributed by atoms with Crippen molar-refractivity contribution in [1.82, 2.24) is 29.7 Å². The van der Waals surface area contributed by atoms with Crippen molar-refractivity contribution in [2.45, 2.75) is 31.9 Å². The minimum atomic E-state index is -4.00. The molecule has 3 aromatic heterocycles. The van der Waals surface area contributed by atoms with Crippen LogP contribution in [0.1, 0.15) is 31.2 Å². The van der Waals surface area contributed by atoms with Crippen LogP contribution in [0, 0.1) is 6.92 Å². The van der Waals surface area contributed by atoms with Crippen molar-refractivity contribution < 1.29 is 22.6 Å². The summed E-state index contributed by atoms with van der Waals surface area (Å²) in [6.07, 6.45) is 3.31. The SMILES string of the molecule is COc1cccc(-c2nnc(NS(=O)(=O)[C@@H](C)[C@H](C)c3ncc(C)cn3)n2-c2c(OC)cccc2OC)n1. The lowest BCUT2D eigenvalue weighted by Crippen LogP contribution is -2.31. The number of nitrogens with one attached hydrogen (secondary N) is 1. The van der Waals surface area contributed by atoms with Crippen molar-refractivity contribution in [3.8, 4) is 34.6 Å². The Hall–Kier alpha value is -4.26. The Bertz CT molecular complexity index is 1500. The third-order valence-electron chi connectivity index (χ3n) is 6.09. The third-order valence-corrected chi connectivity index (χ3v) is 7.94. The van der Waals surface area contributed by atoms with Crippen LogP contribution in [-0.2, 0) is 10.0 Å². The molecule has 1 aromatic carbocycles. The Kier molecular flexibility index (Phi) is 7.76. The summed E-state index contributed by atoms with van der Waals surface area (Å²) in [5.41, 5.74) is 1.67. The van der Waals surface area contributed by atoms with Crippen LogP contribution in [0.3, 0.4) is 0 Å². The normalized spacial score (nSPS) is 13.0. The van der Waals surface area contributed by atoms with E-state index in [0.717, 1.165) is 5.56 Å². The van der Waals surface area contributed by atoms with Gasteiger partial charge >= 0.3 is 0 Å². The molecule has 0 aliphatic heterocycles. The van der Waals surface area contributed by atoms with Gasteiger partial charge in [0, 0.05) is 24.4 Å². The van der Waals surface area contributed by atoms with Gasteiger partial charge in [-0.3, -0.25) is 9.29 Å². The van der Waals surface area contributed by atoms with Crippen LogP contribution in [0.5, 0.6) is 17.4 Å². The van der Waals surface area contributed by atoms with E-state index in [1.54, 1.807) is 62.6 Å².